The van der Waals surface area contributed by atoms with Crippen molar-refractivity contribution in [3.8, 4) is 17.9 Å². The first-order valence-electron chi connectivity index (χ1n) is 3.63. The van der Waals surface area contributed by atoms with Gasteiger partial charge < -0.3 is 4.74 Å². The van der Waals surface area contributed by atoms with E-state index in [1.165, 1.54) is 12.1 Å². The molecular formula is C9H3F3N2O. The molecule has 15 heavy (non-hydrogen) atoms. The first kappa shape index (κ1) is 10.9. The van der Waals surface area contributed by atoms with Crippen LogP contribution in [0.4, 0.5) is 13.2 Å². The molecule has 0 atom stereocenters. The number of nitrogens with zero attached hydrogens (tertiary/aromatic N) is 2. The van der Waals surface area contributed by atoms with Crippen molar-refractivity contribution in [3.05, 3.63) is 28.6 Å². The smallest absolute Gasteiger partial charge is 0.205 e. The number of benzene rings is 1. The summed E-state index contributed by atoms with van der Waals surface area (Å²) in [4.78, 5) is 0. The van der Waals surface area contributed by atoms with Crippen LogP contribution in [0.1, 0.15) is 11.1 Å². The van der Waals surface area contributed by atoms with Gasteiger partial charge in [-0.2, -0.15) is 14.9 Å². The zero-order valence-corrected chi connectivity index (χ0v) is 7.44. The largest absolute Gasteiger partial charge is 0.491 e. The third kappa shape index (κ3) is 1.46. The van der Waals surface area contributed by atoms with E-state index in [9.17, 15) is 13.2 Å². The maximum Gasteiger partial charge on any atom is 0.205 e. The average molecular weight is 212 g/mol. The van der Waals surface area contributed by atoms with Gasteiger partial charge in [0.1, 0.15) is 23.3 Å². The van der Waals surface area contributed by atoms with E-state index in [1.54, 1.807) is 0 Å². The second-order valence-corrected chi connectivity index (χ2v) is 2.45. The van der Waals surface area contributed by atoms with E-state index < -0.39 is 34.3 Å². The number of halogens is 3. The number of ether oxygens (including phenoxy) is 1. The summed E-state index contributed by atoms with van der Waals surface area (Å²) in [5.41, 5.74) is -1.83. The van der Waals surface area contributed by atoms with Crippen LogP contribution >= 0.6 is 0 Å². The maximum absolute atomic E-state index is 13.3. The van der Waals surface area contributed by atoms with Crippen LogP contribution in [0, 0.1) is 40.1 Å². The van der Waals surface area contributed by atoms with Crippen molar-refractivity contribution < 1.29 is 17.9 Å². The quantitative estimate of drug-likeness (QED) is 0.667. The van der Waals surface area contributed by atoms with Gasteiger partial charge in [0, 0.05) is 0 Å². The zero-order chi connectivity index (χ0) is 11.6. The van der Waals surface area contributed by atoms with Crippen molar-refractivity contribution in [3.63, 3.8) is 0 Å². The molecular weight excluding hydrogens is 209 g/mol. The molecule has 0 heterocycles. The molecule has 0 radical (unpaired) electrons. The summed E-state index contributed by atoms with van der Waals surface area (Å²) in [6.07, 6.45) is 0. The molecule has 3 nitrogen and oxygen atoms in total. The first-order chi connectivity index (χ1) is 7.08. The van der Waals surface area contributed by atoms with E-state index >= 15 is 0 Å². The lowest BCUT2D eigenvalue weighted by Crippen LogP contribution is -2.03. The fourth-order valence-corrected chi connectivity index (χ4v) is 1.03. The van der Waals surface area contributed by atoms with Crippen LogP contribution < -0.4 is 4.74 Å². The van der Waals surface area contributed by atoms with Crippen LogP contribution in [0.25, 0.3) is 0 Å². The fraction of sp³-hybridized carbons (Fsp3) is 0.111. The van der Waals surface area contributed by atoms with E-state index in [4.69, 9.17) is 10.5 Å². The standard InChI is InChI=1S/C9H3F3N2O/c1-15-9-7(11)5(3-14)4(2-13)6(10)8(9)12/h1H3. The molecule has 0 aromatic heterocycles. The second-order valence-electron chi connectivity index (χ2n) is 2.45. The third-order valence-electron chi connectivity index (χ3n) is 1.71. The molecule has 0 aliphatic rings. The molecule has 0 unspecified atom stereocenters. The average Bonchev–Trinajstić information content (AvgIpc) is 2.23. The first-order valence-corrected chi connectivity index (χ1v) is 3.63. The Kier molecular flexibility index (Phi) is 2.82. The molecule has 0 amide bonds. The molecule has 0 bridgehead atoms. The molecule has 0 saturated carbocycles. The van der Waals surface area contributed by atoms with E-state index in [1.807, 2.05) is 0 Å². The minimum atomic E-state index is -1.62. The van der Waals surface area contributed by atoms with Gasteiger partial charge in [-0.1, -0.05) is 0 Å². The molecule has 0 fully saturated rings. The SMILES string of the molecule is COc1c(F)c(F)c(C#N)c(C#N)c1F. The highest BCUT2D eigenvalue weighted by atomic mass is 19.2. The second kappa shape index (κ2) is 3.89. The Labute approximate surface area is 82.9 Å². The molecule has 0 N–H and O–H groups in total. The minimum absolute atomic E-state index is 0.867. The Morgan fingerprint density at radius 2 is 1.40 bits per heavy atom. The lowest BCUT2D eigenvalue weighted by Gasteiger charge is -2.06. The topological polar surface area (TPSA) is 56.8 Å². The van der Waals surface area contributed by atoms with Gasteiger partial charge in [0.25, 0.3) is 0 Å². The van der Waals surface area contributed by atoms with Crippen LogP contribution in [0.5, 0.6) is 5.75 Å². The third-order valence-corrected chi connectivity index (χ3v) is 1.71. The number of nitriles is 2. The van der Waals surface area contributed by atoms with Crippen LogP contribution in [0.2, 0.25) is 0 Å². The summed E-state index contributed by atoms with van der Waals surface area (Å²) in [6.45, 7) is 0. The summed E-state index contributed by atoms with van der Waals surface area (Å²) >= 11 is 0. The molecule has 6 heteroatoms. The molecule has 0 spiro atoms. The van der Waals surface area contributed by atoms with Crippen molar-refractivity contribution in [2.45, 2.75) is 0 Å². The predicted octanol–water partition coefficient (Wildman–Crippen LogP) is 1.86. The highest BCUT2D eigenvalue weighted by Gasteiger charge is 2.25. The summed E-state index contributed by atoms with van der Waals surface area (Å²) in [7, 11) is 0.925. The van der Waals surface area contributed by atoms with Gasteiger partial charge in [-0.3, -0.25) is 0 Å². The number of methoxy groups -OCH3 is 1. The molecule has 1 rings (SSSR count). The van der Waals surface area contributed by atoms with Crippen molar-refractivity contribution in [1.29, 1.82) is 10.5 Å². The number of hydrogen-bond donors (Lipinski definition) is 0. The lowest BCUT2D eigenvalue weighted by atomic mass is 10.1. The zero-order valence-electron chi connectivity index (χ0n) is 7.44. The van der Waals surface area contributed by atoms with E-state index in [2.05, 4.69) is 4.74 Å². The fourth-order valence-electron chi connectivity index (χ4n) is 1.03. The summed E-state index contributed by atoms with van der Waals surface area (Å²) in [6, 6.07) is 2.49. The van der Waals surface area contributed by atoms with Crippen LogP contribution in [0.15, 0.2) is 0 Å². The van der Waals surface area contributed by atoms with E-state index in [-0.39, 0.29) is 0 Å². The Bertz CT molecular complexity index is 496. The molecule has 0 saturated heterocycles. The molecule has 1 aromatic rings. The lowest BCUT2D eigenvalue weighted by molar-refractivity contribution is 0.345. The molecule has 1 aromatic carbocycles. The molecule has 0 aliphatic carbocycles. The van der Waals surface area contributed by atoms with Gasteiger partial charge in [0.2, 0.25) is 5.82 Å². The van der Waals surface area contributed by atoms with Gasteiger partial charge >= 0.3 is 0 Å². The van der Waals surface area contributed by atoms with Crippen molar-refractivity contribution in [1.82, 2.24) is 0 Å². The van der Waals surface area contributed by atoms with E-state index in [0.29, 0.717) is 0 Å². The summed E-state index contributed by atoms with van der Waals surface area (Å²) in [5, 5.41) is 16.9. The van der Waals surface area contributed by atoms with Gasteiger partial charge in [-0.15, -0.1) is 0 Å². The van der Waals surface area contributed by atoms with Crippen LogP contribution in [-0.2, 0) is 0 Å². The van der Waals surface area contributed by atoms with Gasteiger partial charge in [0.05, 0.1) is 7.11 Å². The monoisotopic (exact) mass is 212 g/mol. The van der Waals surface area contributed by atoms with Crippen LogP contribution in [-0.4, -0.2) is 7.11 Å². The van der Waals surface area contributed by atoms with Gasteiger partial charge in [-0.05, 0) is 0 Å². The number of hydrogen-bond acceptors (Lipinski definition) is 3. The Hall–Kier alpha value is -2.21. The van der Waals surface area contributed by atoms with Crippen molar-refractivity contribution in [2.24, 2.45) is 0 Å². The Balaban J connectivity index is 3.77. The predicted molar refractivity (Wildman–Crippen MR) is 42.3 cm³/mol. The van der Waals surface area contributed by atoms with Crippen molar-refractivity contribution >= 4 is 0 Å². The summed E-state index contributed by atoms with van der Waals surface area (Å²) < 4.78 is 43.6. The Morgan fingerprint density at radius 1 is 0.933 bits per heavy atom. The van der Waals surface area contributed by atoms with Crippen molar-refractivity contribution in [2.75, 3.05) is 7.11 Å². The summed E-state index contributed by atoms with van der Waals surface area (Å²) in [5.74, 6) is -5.60. The molecule has 76 valence electrons. The minimum Gasteiger partial charge on any atom is -0.491 e. The van der Waals surface area contributed by atoms with Crippen LogP contribution in [0.3, 0.4) is 0 Å². The number of rotatable bonds is 1. The van der Waals surface area contributed by atoms with E-state index in [0.717, 1.165) is 7.11 Å². The van der Waals surface area contributed by atoms with Gasteiger partial charge in [-0.25, -0.2) is 8.78 Å². The Morgan fingerprint density at radius 3 is 1.80 bits per heavy atom. The normalized spacial score (nSPS) is 9.20. The maximum atomic E-state index is 13.3. The highest BCUT2D eigenvalue weighted by molar-refractivity contribution is 5.52. The molecule has 0 aliphatic heterocycles. The highest BCUT2D eigenvalue weighted by Crippen LogP contribution is 2.29. The van der Waals surface area contributed by atoms with Gasteiger partial charge in [0.15, 0.2) is 17.4 Å².